The van der Waals surface area contributed by atoms with Crippen molar-refractivity contribution in [3.8, 4) is 0 Å². The number of sulfonamides is 1. The molecule has 1 rings (SSSR count). The molecule has 0 saturated heterocycles. The molecule has 0 aliphatic rings. The summed E-state index contributed by atoms with van der Waals surface area (Å²) < 4.78 is 32.6. The summed E-state index contributed by atoms with van der Waals surface area (Å²) in [7, 11) is -2.29. The van der Waals surface area contributed by atoms with Gasteiger partial charge >= 0.3 is 5.97 Å². The van der Waals surface area contributed by atoms with Crippen LogP contribution in [0.5, 0.6) is 0 Å². The lowest BCUT2D eigenvalue weighted by Gasteiger charge is -2.22. The zero-order chi connectivity index (χ0) is 14.8. The van der Waals surface area contributed by atoms with E-state index in [9.17, 15) is 13.2 Å². The van der Waals surface area contributed by atoms with Crippen LogP contribution in [0.4, 0.5) is 0 Å². The number of hydrogen-bond donors (Lipinski definition) is 1. The molecule has 0 radical (unpaired) electrons. The number of ether oxygens (including phenoxy) is 1. The largest absolute Gasteiger partial charge is 0.459 e. The van der Waals surface area contributed by atoms with E-state index in [2.05, 4.69) is 9.82 Å². The molecule has 1 N–H and O–H groups in total. The molecule has 7 nitrogen and oxygen atoms in total. The third-order valence-electron chi connectivity index (χ3n) is 2.14. The molecule has 0 unspecified atom stereocenters. The highest BCUT2D eigenvalue weighted by Gasteiger charge is 2.27. The van der Waals surface area contributed by atoms with Crippen LogP contribution in [-0.4, -0.2) is 35.8 Å². The molecule has 0 aliphatic carbocycles. The molecule has 0 aliphatic heterocycles. The Labute approximate surface area is 113 Å². The van der Waals surface area contributed by atoms with Crippen molar-refractivity contribution in [3.63, 3.8) is 0 Å². The van der Waals surface area contributed by atoms with Gasteiger partial charge in [0, 0.05) is 7.05 Å². The van der Waals surface area contributed by atoms with Gasteiger partial charge in [0.25, 0.3) is 10.0 Å². The highest BCUT2D eigenvalue weighted by molar-refractivity contribution is 7.89. The fourth-order valence-electron chi connectivity index (χ4n) is 1.36. The summed E-state index contributed by atoms with van der Waals surface area (Å²) in [6.45, 7) is 6.58. The number of hydrogen-bond acceptors (Lipinski definition) is 5. The van der Waals surface area contributed by atoms with Crippen LogP contribution in [-0.2, 0) is 26.6 Å². The van der Waals surface area contributed by atoms with E-state index in [1.165, 1.54) is 30.9 Å². The Morgan fingerprint density at radius 1 is 1.47 bits per heavy atom. The van der Waals surface area contributed by atoms with Crippen molar-refractivity contribution in [1.29, 1.82) is 0 Å². The Balaban J connectivity index is 2.80. The number of rotatable bonds is 4. The van der Waals surface area contributed by atoms with E-state index in [0.29, 0.717) is 0 Å². The first-order chi connectivity index (χ1) is 8.53. The van der Waals surface area contributed by atoms with Crippen LogP contribution in [0.1, 0.15) is 27.7 Å². The second-order valence-corrected chi connectivity index (χ2v) is 6.83. The molecule has 1 heterocycles. The molecule has 1 aromatic heterocycles. The highest BCUT2D eigenvalue weighted by atomic mass is 32.2. The van der Waals surface area contributed by atoms with Crippen LogP contribution >= 0.6 is 0 Å². The smallest absolute Gasteiger partial charge is 0.324 e. The molecular formula is C11H19N3O4S. The lowest BCUT2D eigenvalue weighted by atomic mass is 10.2. The predicted molar refractivity (Wildman–Crippen MR) is 68.8 cm³/mol. The molecule has 1 atom stereocenters. The summed E-state index contributed by atoms with van der Waals surface area (Å²) in [6.07, 6.45) is 1.37. The molecule has 0 aromatic carbocycles. The number of carbonyl (C=O) groups excluding carboxylic acids is 1. The zero-order valence-corrected chi connectivity index (χ0v) is 12.5. The normalized spacial score (nSPS) is 14.2. The minimum absolute atomic E-state index is 0.0112. The maximum absolute atomic E-state index is 12.0. The lowest BCUT2D eigenvalue weighted by Crippen LogP contribution is -2.42. The van der Waals surface area contributed by atoms with Crippen LogP contribution in [0.3, 0.4) is 0 Å². The molecule has 0 spiro atoms. The van der Waals surface area contributed by atoms with Crippen molar-refractivity contribution in [2.75, 3.05) is 0 Å². The maximum atomic E-state index is 12.0. The summed E-state index contributed by atoms with van der Waals surface area (Å²) >= 11 is 0. The van der Waals surface area contributed by atoms with E-state index >= 15 is 0 Å². The van der Waals surface area contributed by atoms with Crippen molar-refractivity contribution >= 4 is 16.0 Å². The third kappa shape index (κ3) is 4.32. The second-order valence-electron chi connectivity index (χ2n) is 5.17. The van der Waals surface area contributed by atoms with E-state index in [-0.39, 0.29) is 5.03 Å². The van der Waals surface area contributed by atoms with Gasteiger partial charge in [-0.25, -0.2) is 8.42 Å². The van der Waals surface area contributed by atoms with Crippen LogP contribution in [0.15, 0.2) is 17.3 Å². The van der Waals surface area contributed by atoms with Gasteiger partial charge < -0.3 is 4.74 Å². The van der Waals surface area contributed by atoms with Crippen LogP contribution < -0.4 is 4.72 Å². The second kappa shape index (κ2) is 5.30. The zero-order valence-electron chi connectivity index (χ0n) is 11.7. The van der Waals surface area contributed by atoms with Gasteiger partial charge in [0.05, 0.1) is 6.20 Å². The number of esters is 1. The Morgan fingerprint density at radius 2 is 2.05 bits per heavy atom. The molecule has 19 heavy (non-hydrogen) atoms. The number of aryl methyl sites for hydroxylation is 1. The highest BCUT2D eigenvalue weighted by Crippen LogP contribution is 2.11. The average molecular weight is 289 g/mol. The van der Waals surface area contributed by atoms with E-state index < -0.39 is 27.6 Å². The first kappa shape index (κ1) is 15.6. The predicted octanol–water partition coefficient (Wildman–Crippen LogP) is 0.429. The molecule has 0 saturated carbocycles. The average Bonchev–Trinajstić information content (AvgIpc) is 2.61. The fourth-order valence-corrected chi connectivity index (χ4v) is 2.67. The van der Waals surface area contributed by atoms with E-state index in [4.69, 9.17) is 4.74 Å². The summed E-state index contributed by atoms with van der Waals surface area (Å²) in [5.41, 5.74) is -0.663. The first-order valence-corrected chi connectivity index (χ1v) is 7.24. The van der Waals surface area contributed by atoms with Gasteiger partial charge in [0.1, 0.15) is 11.6 Å². The standard InChI is InChI=1S/C11H19N3O4S/c1-8(10(15)18-11(2,3)4)13-19(16,17)9-6-7-12-14(9)5/h6-8,13H,1-5H3/t8-/m0/s1. The molecule has 0 amide bonds. The van der Waals surface area contributed by atoms with Gasteiger partial charge in [-0.2, -0.15) is 9.82 Å². The molecule has 0 bridgehead atoms. The van der Waals surface area contributed by atoms with Crippen molar-refractivity contribution in [3.05, 3.63) is 12.3 Å². The topological polar surface area (TPSA) is 90.3 Å². The van der Waals surface area contributed by atoms with Crippen molar-refractivity contribution in [2.45, 2.75) is 44.4 Å². The third-order valence-corrected chi connectivity index (χ3v) is 3.76. The Bertz CT molecular complexity index is 557. The van der Waals surface area contributed by atoms with Gasteiger partial charge in [-0.05, 0) is 33.8 Å². The molecular weight excluding hydrogens is 270 g/mol. The number of nitrogens with zero attached hydrogens (tertiary/aromatic N) is 2. The fraction of sp³-hybridized carbons (Fsp3) is 0.636. The van der Waals surface area contributed by atoms with Crippen molar-refractivity contribution in [1.82, 2.24) is 14.5 Å². The van der Waals surface area contributed by atoms with Gasteiger partial charge in [0.15, 0.2) is 5.03 Å². The van der Waals surface area contributed by atoms with Gasteiger partial charge in [-0.3, -0.25) is 9.48 Å². The van der Waals surface area contributed by atoms with Crippen molar-refractivity contribution in [2.24, 2.45) is 7.05 Å². The number of aromatic nitrogens is 2. The Kier molecular flexibility index (Phi) is 4.36. The van der Waals surface area contributed by atoms with E-state index in [0.717, 1.165) is 0 Å². The molecule has 108 valence electrons. The van der Waals surface area contributed by atoms with Gasteiger partial charge in [0.2, 0.25) is 0 Å². The monoisotopic (exact) mass is 289 g/mol. The summed E-state index contributed by atoms with van der Waals surface area (Å²) in [6, 6.07) is 0.378. The molecule has 8 heteroatoms. The quantitative estimate of drug-likeness (QED) is 0.812. The minimum Gasteiger partial charge on any atom is -0.459 e. The van der Waals surface area contributed by atoms with Crippen molar-refractivity contribution < 1.29 is 17.9 Å². The SMILES string of the molecule is C[C@H](NS(=O)(=O)c1ccnn1C)C(=O)OC(C)(C)C. The van der Waals surface area contributed by atoms with Crippen LogP contribution in [0.25, 0.3) is 0 Å². The number of nitrogens with one attached hydrogen (secondary N) is 1. The minimum atomic E-state index is -3.80. The van der Waals surface area contributed by atoms with E-state index in [1.807, 2.05) is 0 Å². The summed E-state index contributed by atoms with van der Waals surface area (Å²) in [5.74, 6) is -0.627. The van der Waals surface area contributed by atoms with Crippen LogP contribution in [0, 0.1) is 0 Å². The summed E-state index contributed by atoms with van der Waals surface area (Å²) in [4.78, 5) is 11.7. The van der Waals surface area contributed by atoms with Crippen LogP contribution in [0.2, 0.25) is 0 Å². The number of carbonyl (C=O) groups is 1. The lowest BCUT2D eigenvalue weighted by molar-refractivity contribution is -0.156. The summed E-state index contributed by atoms with van der Waals surface area (Å²) in [5, 5.41) is 3.76. The maximum Gasteiger partial charge on any atom is 0.324 e. The molecule has 1 aromatic rings. The Hall–Kier alpha value is -1.41. The van der Waals surface area contributed by atoms with Gasteiger partial charge in [-0.15, -0.1) is 0 Å². The first-order valence-electron chi connectivity index (χ1n) is 5.76. The van der Waals surface area contributed by atoms with Gasteiger partial charge in [-0.1, -0.05) is 0 Å². The molecule has 0 fully saturated rings. The van der Waals surface area contributed by atoms with E-state index in [1.54, 1.807) is 20.8 Å². The Morgan fingerprint density at radius 3 is 2.47 bits per heavy atom.